The SMILES string of the molecule is COc1cc(F)c([C@H](OC)C(=O)NCc2ccc(C#N)cc2Cl)c(F)c1. The summed E-state index contributed by atoms with van der Waals surface area (Å²) in [5.41, 5.74) is 0.406. The van der Waals surface area contributed by atoms with E-state index in [9.17, 15) is 13.6 Å². The van der Waals surface area contributed by atoms with Gasteiger partial charge in [-0.3, -0.25) is 4.79 Å². The van der Waals surface area contributed by atoms with Crippen molar-refractivity contribution >= 4 is 17.5 Å². The largest absolute Gasteiger partial charge is 0.497 e. The molecule has 8 heteroatoms. The molecule has 0 aliphatic heterocycles. The van der Waals surface area contributed by atoms with Gasteiger partial charge in [0.2, 0.25) is 0 Å². The molecule has 0 heterocycles. The number of nitrogens with zero attached hydrogens (tertiary/aromatic N) is 1. The number of carbonyl (C=O) groups is 1. The molecule has 2 aromatic carbocycles. The number of nitriles is 1. The van der Waals surface area contributed by atoms with Crippen molar-refractivity contribution in [2.24, 2.45) is 0 Å². The zero-order chi connectivity index (χ0) is 19.3. The van der Waals surface area contributed by atoms with E-state index in [1.165, 1.54) is 20.3 Å². The van der Waals surface area contributed by atoms with Crippen molar-refractivity contribution in [1.29, 1.82) is 5.26 Å². The minimum Gasteiger partial charge on any atom is -0.497 e. The third-order valence-corrected chi connectivity index (χ3v) is 4.01. The van der Waals surface area contributed by atoms with Gasteiger partial charge in [0.25, 0.3) is 5.91 Å². The maximum atomic E-state index is 14.2. The third kappa shape index (κ3) is 4.28. The summed E-state index contributed by atoms with van der Waals surface area (Å²) < 4.78 is 38.1. The standard InChI is InChI=1S/C18H15ClF2N2O3/c1-25-12-6-14(20)16(15(21)7-12)17(26-2)18(24)23-9-11-4-3-10(8-22)5-13(11)19/h3-7,17H,9H2,1-2H3,(H,23,24)/t17-/m0/s1. The van der Waals surface area contributed by atoms with Gasteiger partial charge in [0.1, 0.15) is 17.4 Å². The second-order valence-corrected chi connectivity index (χ2v) is 5.66. The topological polar surface area (TPSA) is 71.3 Å². The van der Waals surface area contributed by atoms with E-state index >= 15 is 0 Å². The van der Waals surface area contributed by atoms with Crippen LogP contribution in [0.5, 0.6) is 5.75 Å². The first-order valence-electron chi connectivity index (χ1n) is 7.43. The molecule has 2 aromatic rings. The summed E-state index contributed by atoms with van der Waals surface area (Å²) in [6.07, 6.45) is -1.49. The lowest BCUT2D eigenvalue weighted by molar-refractivity contribution is -0.131. The Hall–Kier alpha value is -2.69. The van der Waals surface area contributed by atoms with Crippen LogP contribution in [0.3, 0.4) is 0 Å². The Labute approximate surface area is 154 Å². The number of carbonyl (C=O) groups excluding carboxylic acids is 1. The Bertz CT molecular complexity index is 845. The van der Waals surface area contributed by atoms with Crippen molar-refractivity contribution in [2.75, 3.05) is 14.2 Å². The molecule has 136 valence electrons. The van der Waals surface area contributed by atoms with Crippen LogP contribution >= 0.6 is 11.6 Å². The second-order valence-electron chi connectivity index (χ2n) is 5.26. The van der Waals surface area contributed by atoms with Crippen LogP contribution in [-0.2, 0) is 16.1 Å². The monoisotopic (exact) mass is 380 g/mol. The molecule has 0 fully saturated rings. The van der Waals surface area contributed by atoms with E-state index in [0.717, 1.165) is 12.1 Å². The lowest BCUT2D eigenvalue weighted by atomic mass is 10.1. The van der Waals surface area contributed by atoms with Gasteiger partial charge in [-0.1, -0.05) is 17.7 Å². The summed E-state index contributed by atoms with van der Waals surface area (Å²) in [7, 11) is 2.44. The summed E-state index contributed by atoms with van der Waals surface area (Å²) in [4.78, 5) is 12.3. The van der Waals surface area contributed by atoms with Crippen LogP contribution in [0.2, 0.25) is 5.02 Å². The van der Waals surface area contributed by atoms with E-state index in [4.69, 9.17) is 26.3 Å². The molecular weight excluding hydrogens is 366 g/mol. The average molecular weight is 381 g/mol. The maximum absolute atomic E-state index is 14.2. The van der Waals surface area contributed by atoms with E-state index in [2.05, 4.69) is 5.32 Å². The first-order valence-corrected chi connectivity index (χ1v) is 7.81. The molecule has 0 aromatic heterocycles. The Kier molecular flexibility index (Phi) is 6.50. The number of hydrogen-bond donors (Lipinski definition) is 1. The van der Waals surface area contributed by atoms with Crippen molar-refractivity contribution in [3.05, 3.63) is 63.7 Å². The van der Waals surface area contributed by atoms with Gasteiger partial charge in [0, 0.05) is 30.8 Å². The van der Waals surface area contributed by atoms with Crippen molar-refractivity contribution in [3.8, 4) is 11.8 Å². The zero-order valence-corrected chi connectivity index (χ0v) is 14.7. The van der Waals surface area contributed by atoms with E-state index < -0.39 is 29.2 Å². The molecule has 1 amide bonds. The fourth-order valence-corrected chi connectivity index (χ4v) is 2.57. The lowest BCUT2D eigenvalue weighted by Crippen LogP contribution is -2.31. The molecule has 26 heavy (non-hydrogen) atoms. The van der Waals surface area contributed by atoms with E-state index in [1.807, 2.05) is 6.07 Å². The molecule has 5 nitrogen and oxygen atoms in total. The van der Waals surface area contributed by atoms with Crippen molar-refractivity contribution in [3.63, 3.8) is 0 Å². The predicted molar refractivity (Wildman–Crippen MR) is 90.7 cm³/mol. The molecule has 0 aliphatic rings. The van der Waals surface area contributed by atoms with E-state index in [0.29, 0.717) is 16.1 Å². The third-order valence-electron chi connectivity index (χ3n) is 3.66. The normalized spacial score (nSPS) is 11.5. The molecule has 2 rings (SSSR count). The quantitative estimate of drug-likeness (QED) is 0.832. The van der Waals surface area contributed by atoms with Crippen molar-refractivity contribution < 1.29 is 23.0 Å². The number of halogens is 3. The summed E-state index contributed by atoms with van der Waals surface area (Å²) in [5, 5.41) is 11.6. The molecular formula is C18H15ClF2N2O3. The number of methoxy groups -OCH3 is 2. The Morgan fingerprint density at radius 2 is 1.92 bits per heavy atom. The van der Waals surface area contributed by atoms with Crippen LogP contribution in [0, 0.1) is 23.0 Å². The van der Waals surface area contributed by atoms with Gasteiger partial charge >= 0.3 is 0 Å². The van der Waals surface area contributed by atoms with Crippen molar-refractivity contribution in [2.45, 2.75) is 12.6 Å². The first kappa shape index (κ1) is 19.6. The molecule has 0 saturated carbocycles. The Morgan fingerprint density at radius 1 is 1.27 bits per heavy atom. The van der Waals surface area contributed by atoms with Gasteiger partial charge in [-0.25, -0.2) is 8.78 Å². The summed E-state index contributed by atoms with van der Waals surface area (Å²) in [6, 6.07) is 8.46. The van der Waals surface area contributed by atoms with Crippen LogP contribution in [0.1, 0.15) is 22.8 Å². The fourth-order valence-electron chi connectivity index (χ4n) is 2.32. The number of ether oxygens (including phenoxy) is 2. The lowest BCUT2D eigenvalue weighted by Gasteiger charge is -2.18. The zero-order valence-electron chi connectivity index (χ0n) is 14.0. The van der Waals surface area contributed by atoms with Crippen LogP contribution in [0.25, 0.3) is 0 Å². The minimum atomic E-state index is -1.49. The number of benzene rings is 2. The highest BCUT2D eigenvalue weighted by atomic mass is 35.5. The first-order chi connectivity index (χ1) is 12.4. The molecule has 0 saturated heterocycles. The average Bonchev–Trinajstić information content (AvgIpc) is 2.62. The highest BCUT2D eigenvalue weighted by Crippen LogP contribution is 2.28. The van der Waals surface area contributed by atoms with Gasteiger partial charge in [-0.15, -0.1) is 0 Å². The van der Waals surface area contributed by atoms with Crippen LogP contribution in [-0.4, -0.2) is 20.1 Å². The minimum absolute atomic E-state index is 0.00261. The highest BCUT2D eigenvalue weighted by molar-refractivity contribution is 6.31. The fraction of sp³-hybridized carbons (Fsp3) is 0.222. The predicted octanol–water partition coefficient (Wildman–Crippen LogP) is 3.50. The molecule has 0 spiro atoms. The second kappa shape index (κ2) is 8.61. The maximum Gasteiger partial charge on any atom is 0.254 e. The molecule has 0 bridgehead atoms. The molecule has 0 aliphatic carbocycles. The number of amides is 1. The molecule has 1 N–H and O–H groups in total. The van der Waals surface area contributed by atoms with Crippen LogP contribution in [0.4, 0.5) is 8.78 Å². The van der Waals surface area contributed by atoms with E-state index in [-0.39, 0.29) is 12.3 Å². The van der Waals surface area contributed by atoms with Crippen LogP contribution in [0.15, 0.2) is 30.3 Å². The van der Waals surface area contributed by atoms with Gasteiger partial charge in [0.05, 0.1) is 24.3 Å². The number of rotatable bonds is 6. The summed E-state index contributed by atoms with van der Waals surface area (Å²) in [6.45, 7) is 0.00261. The number of nitrogens with one attached hydrogen (secondary N) is 1. The van der Waals surface area contributed by atoms with Crippen molar-refractivity contribution in [1.82, 2.24) is 5.32 Å². The molecule has 0 radical (unpaired) electrons. The van der Waals surface area contributed by atoms with Crippen LogP contribution < -0.4 is 10.1 Å². The van der Waals surface area contributed by atoms with Gasteiger partial charge in [-0.2, -0.15) is 5.26 Å². The molecule has 0 unspecified atom stereocenters. The summed E-state index contributed by atoms with van der Waals surface area (Å²) in [5.74, 6) is -2.67. The van der Waals surface area contributed by atoms with Gasteiger partial charge < -0.3 is 14.8 Å². The number of hydrogen-bond acceptors (Lipinski definition) is 4. The van der Waals surface area contributed by atoms with Gasteiger partial charge in [0.15, 0.2) is 6.10 Å². The Morgan fingerprint density at radius 3 is 2.42 bits per heavy atom. The van der Waals surface area contributed by atoms with Gasteiger partial charge in [-0.05, 0) is 17.7 Å². The molecule has 1 atom stereocenters. The highest BCUT2D eigenvalue weighted by Gasteiger charge is 2.27. The summed E-state index contributed by atoms with van der Waals surface area (Å²) >= 11 is 6.04. The Balaban J connectivity index is 2.19. The smallest absolute Gasteiger partial charge is 0.254 e. The van der Waals surface area contributed by atoms with E-state index in [1.54, 1.807) is 12.1 Å².